The van der Waals surface area contributed by atoms with Crippen molar-refractivity contribution in [1.82, 2.24) is 25.3 Å². The van der Waals surface area contributed by atoms with Crippen LogP contribution in [-0.4, -0.2) is 37.6 Å². The minimum Gasteiger partial charge on any atom is -0.348 e. The Hall–Kier alpha value is -3.33. The maximum Gasteiger partial charge on any atom is 0.229 e. The third-order valence-corrected chi connectivity index (χ3v) is 3.89. The normalized spacial score (nSPS) is 11.1. The first-order valence-electron chi connectivity index (χ1n) is 8.82. The molecule has 2 aromatic heterocycles. The number of aryl methyl sites for hydroxylation is 2. The van der Waals surface area contributed by atoms with E-state index < -0.39 is 0 Å². The summed E-state index contributed by atoms with van der Waals surface area (Å²) < 4.78 is 0. The van der Waals surface area contributed by atoms with Crippen LogP contribution in [0.15, 0.2) is 53.9 Å². The van der Waals surface area contributed by atoms with Crippen LogP contribution in [0.4, 0.5) is 11.6 Å². The van der Waals surface area contributed by atoms with Gasteiger partial charge in [-0.2, -0.15) is 0 Å². The fourth-order valence-electron chi connectivity index (χ4n) is 2.50. The summed E-state index contributed by atoms with van der Waals surface area (Å²) in [5, 5.41) is 9.75. The van der Waals surface area contributed by atoms with E-state index in [0.29, 0.717) is 23.6 Å². The summed E-state index contributed by atoms with van der Waals surface area (Å²) in [5.74, 6) is 0.936. The van der Waals surface area contributed by atoms with Gasteiger partial charge in [0.2, 0.25) is 11.9 Å². The number of nitrogens with one attached hydrogen (secondary N) is 4. The van der Waals surface area contributed by atoms with Gasteiger partial charge in [-0.25, -0.2) is 15.0 Å². The molecule has 0 atom stereocenters. The molecular weight excluding hydrogens is 372 g/mol. The number of benzene rings is 1. The van der Waals surface area contributed by atoms with E-state index in [-0.39, 0.29) is 0 Å². The van der Waals surface area contributed by atoms with E-state index in [1.54, 1.807) is 12.5 Å². The zero-order valence-corrected chi connectivity index (χ0v) is 16.5. The molecule has 4 N–H and O–H groups in total. The number of hydrogen-bond donors (Lipinski definition) is 4. The van der Waals surface area contributed by atoms with Crippen molar-refractivity contribution in [3.8, 4) is 0 Å². The lowest BCUT2D eigenvalue weighted by Crippen LogP contribution is -2.39. The van der Waals surface area contributed by atoms with Gasteiger partial charge in [0.25, 0.3) is 0 Å². The summed E-state index contributed by atoms with van der Waals surface area (Å²) in [5.41, 5.74) is 3.64. The highest BCUT2D eigenvalue weighted by atomic mass is 32.1. The molecule has 0 aliphatic carbocycles. The molecule has 28 heavy (non-hydrogen) atoms. The average molecular weight is 395 g/mol. The Morgan fingerprint density at radius 3 is 2.54 bits per heavy atom. The van der Waals surface area contributed by atoms with Gasteiger partial charge in [-0.1, -0.05) is 18.2 Å². The maximum atomic E-state index is 5.41. The Labute approximate surface area is 169 Å². The van der Waals surface area contributed by atoms with E-state index in [0.717, 1.165) is 29.2 Å². The van der Waals surface area contributed by atoms with Crippen LogP contribution in [0.5, 0.6) is 0 Å². The predicted octanol–water partition coefficient (Wildman–Crippen LogP) is 2.81. The lowest BCUT2D eigenvalue weighted by Gasteiger charge is -2.14. The average Bonchev–Trinajstić information content (AvgIpc) is 3.15. The van der Waals surface area contributed by atoms with Gasteiger partial charge >= 0.3 is 0 Å². The predicted molar refractivity (Wildman–Crippen MR) is 116 cm³/mol. The lowest BCUT2D eigenvalue weighted by atomic mass is 10.3. The molecule has 0 unspecified atom stereocenters. The molecule has 2 heterocycles. The van der Waals surface area contributed by atoms with Crippen molar-refractivity contribution in [3.05, 3.63) is 66.0 Å². The van der Waals surface area contributed by atoms with Crippen molar-refractivity contribution in [2.45, 2.75) is 20.3 Å². The monoisotopic (exact) mass is 394 g/mol. The maximum absolute atomic E-state index is 5.41. The molecule has 3 aromatic rings. The summed E-state index contributed by atoms with van der Waals surface area (Å²) in [6.07, 6.45) is 4.16. The number of hydrogen-bond acceptors (Lipinski definition) is 5. The summed E-state index contributed by atoms with van der Waals surface area (Å²) in [6, 6.07) is 11.6. The molecule has 0 amide bonds. The van der Waals surface area contributed by atoms with Crippen LogP contribution in [0, 0.1) is 13.8 Å². The first kappa shape index (κ1) is 19.4. The van der Waals surface area contributed by atoms with Crippen LogP contribution < -0.4 is 16.0 Å². The molecule has 3 rings (SSSR count). The Kier molecular flexibility index (Phi) is 6.64. The van der Waals surface area contributed by atoms with Crippen LogP contribution >= 0.6 is 12.2 Å². The van der Waals surface area contributed by atoms with Crippen LogP contribution in [0.1, 0.15) is 17.1 Å². The topological polar surface area (TPSA) is 103 Å². The summed E-state index contributed by atoms with van der Waals surface area (Å²) in [7, 11) is 0. The number of imidazole rings is 1. The number of rotatable bonds is 5. The molecular formula is C19H22N8S. The minimum atomic E-state index is 0.420. The molecule has 0 fully saturated rings. The number of guanidine groups is 1. The van der Waals surface area contributed by atoms with Crippen molar-refractivity contribution in [3.63, 3.8) is 0 Å². The fourth-order valence-corrected chi connectivity index (χ4v) is 2.71. The number of aliphatic imine (C=N–C) groups is 1. The Morgan fingerprint density at radius 1 is 1.11 bits per heavy atom. The highest BCUT2D eigenvalue weighted by Crippen LogP contribution is 2.06. The van der Waals surface area contributed by atoms with Gasteiger partial charge in [-0.3, -0.25) is 10.3 Å². The largest absolute Gasteiger partial charge is 0.348 e. The summed E-state index contributed by atoms with van der Waals surface area (Å²) in [4.78, 5) is 20.5. The van der Waals surface area contributed by atoms with Crippen LogP contribution in [0.2, 0.25) is 0 Å². The van der Waals surface area contributed by atoms with Crippen molar-refractivity contribution in [2.75, 3.05) is 17.2 Å². The standard InChI is InChI=1S/C19H22N8S/c1-13-10-14(2)24-18(23-13)26-17(21-9-8-16-11-20-12-22-16)27-19(28)25-15-6-4-3-5-7-15/h3-7,10-12H,8-9H2,1-2H3,(H,20,22)(H3,21,23,24,25,26,27,28). The van der Waals surface area contributed by atoms with E-state index >= 15 is 0 Å². The van der Waals surface area contributed by atoms with Gasteiger partial charge in [0, 0.05) is 41.9 Å². The second kappa shape index (κ2) is 9.56. The molecule has 0 aliphatic heterocycles. The lowest BCUT2D eigenvalue weighted by molar-refractivity contribution is 0.927. The summed E-state index contributed by atoms with van der Waals surface area (Å²) >= 11 is 5.41. The van der Waals surface area contributed by atoms with Gasteiger partial charge in [-0.15, -0.1) is 0 Å². The quantitative estimate of drug-likeness (QED) is 0.300. The molecule has 9 heteroatoms. The van der Waals surface area contributed by atoms with E-state index in [4.69, 9.17) is 12.2 Å². The van der Waals surface area contributed by atoms with Gasteiger partial charge in [0.15, 0.2) is 5.11 Å². The van der Waals surface area contributed by atoms with Gasteiger partial charge in [0.05, 0.1) is 6.33 Å². The van der Waals surface area contributed by atoms with Crippen molar-refractivity contribution < 1.29 is 0 Å². The molecule has 0 radical (unpaired) electrons. The Balaban J connectivity index is 1.70. The number of nitrogens with zero attached hydrogens (tertiary/aromatic N) is 4. The van der Waals surface area contributed by atoms with Crippen LogP contribution in [-0.2, 0) is 6.42 Å². The first-order valence-corrected chi connectivity index (χ1v) is 9.23. The van der Waals surface area contributed by atoms with E-state index in [1.165, 1.54) is 0 Å². The highest BCUT2D eigenvalue weighted by molar-refractivity contribution is 7.80. The number of thiocarbonyl (C=S) groups is 1. The molecule has 1 aromatic carbocycles. The third kappa shape index (κ3) is 6.13. The first-order chi connectivity index (χ1) is 13.6. The third-order valence-electron chi connectivity index (χ3n) is 3.68. The molecule has 144 valence electrons. The smallest absolute Gasteiger partial charge is 0.229 e. The minimum absolute atomic E-state index is 0.420. The molecule has 0 spiro atoms. The van der Waals surface area contributed by atoms with Crippen molar-refractivity contribution >= 4 is 34.9 Å². The zero-order chi connectivity index (χ0) is 19.8. The molecule has 0 bridgehead atoms. The van der Waals surface area contributed by atoms with Crippen LogP contribution in [0.25, 0.3) is 0 Å². The number of H-pyrrole nitrogens is 1. The molecule has 0 saturated heterocycles. The molecule has 8 nitrogen and oxygen atoms in total. The van der Waals surface area contributed by atoms with E-state index in [2.05, 4.69) is 40.9 Å². The van der Waals surface area contributed by atoms with E-state index in [9.17, 15) is 0 Å². The van der Waals surface area contributed by atoms with Crippen LogP contribution in [0.3, 0.4) is 0 Å². The van der Waals surface area contributed by atoms with Gasteiger partial charge in [-0.05, 0) is 44.3 Å². The second-order valence-electron chi connectivity index (χ2n) is 6.10. The zero-order valence-electron chi connectivity index (χ0n) is 15.7. The highest BCUT2D eigenvalue weighted by Gasteiger charge is 2.07. The van der Waals surface area contributed by atoms with Crippen molar-refractivity contribution in [2.24, 2.45) is 4.99 Å². The SMILES string of the molecule is Cc1cc(C)nc(NC(=NCCc2cnc[nH]2)NC(=S)Nc2ccccc2)n1. The second-order valence-corrected chi connectivity index (χ2v) is 6.51. The Bertz CT molecular complexity index is 918. The Morgan fingerprint density at radius 2 is 1.86 bits per heavy atom. The fraction of sp³-hybridized carbons (Fsp3) is 0.211. The summed E-state index contributed by atoms with van der Waals surface area (Å²) in [6.45, 7) is 4.38. The number of para-hydroxylation sites is 1. The number of aromatic nitrogens is 4. The van der Waals surface area contributed by atoms with Gasteiger partial charge < -0.3 is 15.6 Å². The van der Waals surface area contributed by atoms with E-state index in [1.807, 2.05) is 50.2 Å². The number of aromatic amines is 1. The van der Waals surface area contributed by atoms with Crippen molar-refractivity contribution in [1.29, 1.82) is 0 Å². The number of anilines is 2. The molecule has 0 aliphatic rings. The molecule has 0 saturated carbocycles. The van der Waals surface area contributed by atoms with Gasteiger partial charge in [0.1, 0.15) is 0 Å².